The number of ether oxygens (including phenoxy) is 1. The van der Waals surface area contributed by atoms with E-state index in [9.17, 15) is 22.8 Å². The zero-order valence-corrected chi connectivity index (χ0v) is 21.2. The fraction of sp³-hybridized carbons (Fsp3) is 0.481. The molecule has 4 rings (SSSR count). The maximum absolute atomic E-state index is 13.5. The topological polar surface area (TPSA) is 65.1 Å². The van der Waals surface area contributed by atoms with Crippen molar-refractivity contribution >= 4 is 17.5 Å². The third-order valence-electron chi connectivity index (χ3n) is 6.61. The van der Waals surface area contributed by atoms with Crippen molar-refractivity contribution < 1.29 is 27.5 Å². The van der Waals surface area contributed by atoms with Crippen LogP contribution in [0.1, 0.15) is 29.5 Å². The predicted molar refractivity (Wildman–Crippen MR) is 134 cm³/mol. The van der Waals surface area contributed by atoms with Crippen molar-refractivity contribution in [2.75, 3.05) is 52.2 Å². The molecule has 1 N–H and O–H groups in total. The summed E-state index contributed by atoms with van der Waals surface area (Å²) in [6, 6.07) is 10.8. The van der Waals surface area contributed by atoms with Gasteiger partial charge in [-0.2, -0.15) is 13.2 Å². The Morgan fingerprint density at radius 3 is 2.57 bits per heavy atom. The fourth-order valence-corrected chi connectivity index (χ4v) is 4.35. The highest BCUT2D eigenvalue weighted by atomic mass is 19.4. The van der Waals surface area contributed by atoms with Crippen molar-refractivity contribution in [2.24, 2.45) is 5.92 Å². The Bertz CT molecular complexity index is 1120. The number of fused-ring (bicyclic) bond motifs is 1. The summed E-state index contributed by atoms with van der Waals surface area (Å²) in [6.07, 6.45) is -2.23. The molecule has 0 atom stereocenters. The molecule has 2 aromatic carbocycles. The van der Waals surface area contributed by atoms with Crippen LogP contribution in [-0.4, -0.2) is 73.4 Å². The Morgan fingerprint density at radius 2 is 1.86 bits per heavy atom. The Labute approximate surface area is 215 Å². The van der Waals surface area contributed by atoms with Gasteiger partial charge < -0.3 is 24.8 Å². The van der Waals surface area contributed by atoms with Gasteiger partial charge in [0.1, 0.15) is 5.75 Å². The van der Waals surface area contributed by atoms with Crippen LogP contribution in [0.25, 0.3) is 0 Å². The zero-order valence-electron chi connectivity index (χ0n) is 21.2. The molecule has 1 aliphatic heterocycles. The van der Waals surface area contributed by atoms with Gasteiger partial charge >= 0.3 is 6.18 Å². The third-order valence-corrected chi connectivity index (χ3v) is 6.61. The van der Waals surface area contributed by atoms with Crippen molar-refractivity contribution in [1.29, 1.82) is 0 Å². The van der Waals surface area contributed by atoms with Gasteiger partial charge in [-0.15, -0.1) is 0 Å². The average Bonchev–Trinajstić information content (AvgIpc) is 3.68. The largest absolute Gasteiger partial charge is 0.481 e. The van der Waals surface area contributed by atoms with Crippen LogP contribution in [0.15, 0.2) is 42.5 Å². The van der Waals surface area contributed by atoms with Crippen LogP contribution in [0.3, 0.4) is 0 Å². The summed E-state index contributed by atoms with van der Waals surface area (Å²) in [5, 5.41) is 3.10. The molecule has 2 amide bonds. The first-order valence-corrected chi connectivity index (χ1v) is 12.5. The molecule has 2 aliphatic rings. The molecule has 7 nitrogen and oxygen atoms in total. The van der Waals surface area contributed by atoms with E-state index in [4.69, 9.17) is 4.74 Å². The monoisotopic (exact) mass is 518 g/mol. The van der Waals surface area contributed by atoms with Crippen molar-refractivity contribution in [1.82, 2.24) is 14.7 Å². The van der Waals surface area contributed by atoms with E-state index in [1.807, 2.05) is 36.0 Å². The number of likely N-dealkylation sites (N-methyl/N-ethyl adjacent to an activating group) is 1. The minimum Gasteiger partial charge on any atom is -0.481 e. The lowest BCUT2D eigenvalue weighted by Crippen LogP contribution is -2.39. The second-order valence-electron chi connectivity index (χ2n) is 9.93. The molecular formula is C27H33F3N4O3. The SMILES string of the molecule is CN(C)CCN(Cc1ccccc1C(F)(F)F)C(=O)CNc1cccc2c1OCC(=O)N(CC1CC1)C2. The standard InChI is InChI=1S/C27H33F3N4O3/c1-32(2)12-13-33(16-20-6-3-4-8-22(20)27(28,29)30)24(35)14-31-23-9-5-7-21-17-34(15-19-10-11-19)25(36)18-37-26(21)23/h3-9,19,31H,10-18H2,1-2H3. The molecule has 0 radical (unpaired) electrons. The molecule has 0 spiro atoms. The van der Waals surface area contributed by atoms with E-state index in [0.29, 0.717) is 30.4 Å². The third kappa shape index (κ3) is 7.15. The summed E-state index contributed by atoms with van der Waals surface area (Å²) in [4.78, 5) is 30.9. The summed E-state index contributed by atoms with van der Waals surface area (Å²) in [5.74, 6) is 0.684. The number of anilines is 1. The minimum atomic E-state index is -4.51. The number of alkyl halides is 3. The fourth-order valence-electron chi connectivity index (χ4n) is 4.35. The summed E-state index contributed by atoms with van der Waals surface area (Å²) >= 11 is 0. The smallest absolute Gasteiger partial charge is 0.416 e. The first-order valence-electron chi connectivity index (χ1n) is 12.5. The van der Waals surface area contributed by atoms with Gasteiger partial charge in [-0.05, 0) is 50.6 Å². The van der Waals surface area contributed by atoms with Crippen LogP contribution in [0.2, 0.25) is 0 Å². The lowest BCUT2D eigenvalue weighted by Gasteiger charge is -2.26. The van der Waals surface area contributed by atoms with E-state index in [1.54, 1.807) is 12.1 Å². The van der Waals surface area contributed by atoms with Gasteiger partial charge in [-0.3, -0.25) is 9.59 Å². The van der Waals surface area contributed by atoms with Gasteiger partial charge in [0.05, 0.1) is 17.8 Å². The average molecular weight is 519 g/mol. The van der Waals surface area contributed by atoms with Gasteiger partial charge in [0.25, 0.3) is 5.91 Å². The van der Waals surface area contributed by atoms with E-state index in [1.165, 1.54) is 17.0 Å². The Kier molecular flexibility index (Phi) is 8.26. The quantitative estimate of drug-likeness (QED) is 0.518. The normalized spacial score (nSPS) is 15.7. The molecule has 2 aromatic rings. The van der Waals surface area contributed by atoms with Crippen LogP contribution in [0.5, 0.6) is 5.75 Å². The molecule has 10 heteroatoms. The highest BCUT2D eigenvalue weighted by Crippen LogP contribution is 2.35. The number of nitrogens with zero attached hydrogens (tertiary/aromatic N) is 3. The Hall–Kier alpha value is -3.27. The van der Waals surface area contributed by atoms with E-state index < -0.39 is 11.7 Å². The first kappa shape index (κ1) is 26.8. The lowest BCUT2D eigenvalue weighted by molar-refractivity contribution is -0.139. The van der Waals surface area contributed by atoms with Crippen LogP contribution in [0.4, 0.5) is 18.9 Å². The van der Waals surface area contributed by atoms with E-state index >= 15 is 0 Å². The molecule has 1 fully saturated rings. The molecule has 37 heavy (non-hydrogen) atoms. The summed E-state index contributed by atoms with van der Waals surface area (Å²) < 4.78 is 46.5. The molecule has 200 valence electrons. The van der Waals surface area contributed by atoms with Gasteiger partial charge in [0.15, 0.2) is 6.61 Å². The summed E-state index contributed by atoms with van der Waals surface area (Å²) in [5.41, 5.74) is 0.740. The lowest BCUT2D eigenvalue weighted by atomic mass is 10.1. The first-order chi connectivity index (χ1) is 17.6. The summed E-state index contributed by atoms with van der Waals surface area (Å²) in [6.45, 7) is 1.58. The van der Waals surface area contributed by atoms with Crippen LogP contribution < -0.4 is 10.1 Å². The van der Waals surface area contributed by atoms with Crippen molar-refractivity contribution in [3.05, 3.63) is 59.2 Å². The Morgan fingerprint density at radius 1 is 1.11 bits per heavy atom. The van der Waals surface area contributed by atoms with Crippen LogP contribution in [-0.2, 0) is 28.9 Å². The minimum absolute atomic E-state index is 0.0493. The highest BCUT2D eigenvalue weighted by molar-refractivity contribution is 5.82. The van der Waals surface area contributed by atoms with Crippen molar-refractivity contribution in [2.45, 2.75) is 32.1 Å². The molecule has 1 heterocycles. The molecule has 0 saturated heterocycles. The zero-order chi connectivity index (χ0) is 26.6. The number of amides is 2. The van der Waals surface area contributed by atoms with Gasteiger partial charge in [-0.1, -0.05) is 30.3 Å². The van der Waals surface area contributed by atoms with Gasteiger partial charge in [0, 0.05) is 38.3 Å². The molecule has 1 aliphatic carbocycles. The number of halogens is 3. The Balaban J connectivity index is 1.47. The van der Waals surface area contributed by atoms with Gasteiger partial charge in [0.2, 0.25) is 5.91 Å². The molecule has 0 unspecified atom stereocenters. The number of rotatable bonds is 10. The maximum Gasteiger partial charge on any atom is 0.416 e. The van der Waals surface area contributed by atoms with E-state index in [0.717, 1.165) is 31.0 Å². The van der Waals surface area contributed by atoms with E-state index in [-0.39, 0.29) is 43.6 Å². The molecule has 0 aromatic heterocycles. The number of hydrogen-bond donors (Lipinski definition) is 1. The molecule has 0 bridgehead atoms. The molecule has 1 saturated carbocycles. The second kappa shape index (κ2) is 11.4. The van der Waals surface area contributed by atoms with Crippen LogP contribution in [0, 0.1) is 5.92 Å². The van der Waals surface area contributed by atoms with Crippen molar-refractivity contribution in [3.8, 4) is 5.75 Å². The number of benzene rings is 2. The number of para-hydroxylation sites is 1. The maximum atomic E-state index is 13.5. The number of carbonyl (C=O) groups excluding carboxylic acids is 2. The van der Waals surface area contributed by atoms with Crippen LogP contribution >= 0.6 is 0 Å². The van der Waals surface area contributed by atoms with E-state index in [2.05, 4.69) is 5.32 Å². The second-order valence-corrected chi connectivity index (χ2v) is 9.93. The predicted octanol–water partition coefficient (Wildman–Crippen LogP) is 3.84. The van der Waals surface area contributed by atoms with Gasteiger partial charge in [-0.25, -0.2) is 0 Å². The highest BCUT2D eigenvalue weighted by Gasteiger charge is 2.34. The number of hydrogen-bond acceptors (Lipinski definition) is 5. The number of carbonyl (C=O) groups is 2. The number of nitrogens with one attached hydrogen (secondary N) is 1. The van der Waals surface area contributed by atoms with Crippen molar-refractivity contribution in [3.63, 3.8) is 0 Å². The molecular weight excluding hydrogens is 485 g/mol. The summed E-state index contributed by atoms with van der Waals surface area (Å²) in [7, 11) is 3.68.